The predicted octanol–water partition coefficient (Wildman–Crippen LogP) is 7.83. The van der Waals surface area contributed by atoms with Crippen molar-refractivity contribution in [1.82, 2.24) is 4.98 Å². The monoisotopic (exact) mass is 369 g/mol. The Kier molecular flexibility index (Phi) is 4.70. The molecule has 3 aromatic rings. The molecule has 0 saturated heterocycles. The molecule has 1 heterocycles. The van der Waals surface area contributed by atoms with Crippen LogP contribution >= 0.6 is 0 Å². The van der Waals surface area contributed by atoms with Gasteiger partial charge >= 0.3 is 0 Å². The molecule has 1 heteroatoms. The van der Waals surface area contributed by atoms with Crippen LogP contribution in [0.25, 0.3) is 22.2 Å². The lowest BCUT2D eigenvalue weighted by atomic mass is 9.84. The van der Waals surface area contributed by atoms with Crippen molar-refractivity contribution >= 4 is 10.9 Å². The minimum Gasteiger partial charge on any atom is -0.248 e. The molecule has 0 amide bonds. The van der Waals surface area contributed by atoms with Gasteiger partial charge in [0.15, 0.2) is 0 Å². The number of fused-ring (bicyclic) bond motifs is 1. The Morgan fingerprint density at radius 3 is 1.86 bits per heavy atom. The van der Waals surface area contributed by atoms with Gasteiger partial charge in [0.1, 0.15) is 0 Å². The van der Waals surface area contributed by atoms with Crippen LogP contribution in [0.4, 0.5) is 0 Å². The van der Waals surface area contributed by atoms with Crippen LogP contribution < -0.4 is 0 Å². The van der Waals surface area contributed by atoms with Gasteiger partial charge in [-0.15, -0.1) is 0 Å². The van der Waals surface area contributed by atoms with Crippen molar-refractivity contribution in [2.75, 3.05) is 0 Å². The van der Waals surface area contributed by atoms with E-state index in [1.54, 1.807) is 11.1 Å². The summed E-state index contributed by atoms with van der Waals surface area (Å²) in [5.41, 5.74) is 9.41. The van der Waals surface area contributed by atoms with Gasteiger partial charge in [-0.05, 0) is 92.8 Å². The standard InChI is InChI=1S/C27H31N/c1-18-13-19(2)15-23(14-18)26-12-11-22-16-24(20-7-3-4-8-20)25(17-27(22)28-26)21-9-5-6-10-21/h11-17,20-21H,3-10H2,1-2H3. The Morgan fingerprint density at radius 1 is 0.679 bits per heavy atom. The molecule has 0 unspecified atom stereocenters. The van der Waals surface area contributed by atoms with E-state index in [-0.39, 0.29) is 0 Å². The van der Waals surface area contributed by atoms with Gasteiger partial charge in [0, 0.05) is 10.9 Å². The normalized spacial score (nSPS) is 18.4. The molecule has 0 radical (unpaired) electrons. The molecule has 28 heavy (non-hydrogen) atoms. The molecule has 0 aliphatic heterocycles. The number of aryl methyl sites for hydroxylation is 2. The number of hydrogen-bond acceptors (Lipinski definition) is 1. The lowest BCUT2D eigenvalue weighted by Crippen LogP contribution is -2.04. The summed E-state index contributed by atoms with van der Waals surface area (Å²) in [4.78, 5) is 5.13. The van der Waals surface area contributed by atoms with Gasteiger partial charge in [-0.25, -0.2) is 4.98 Å². The Hall–Kier alpha value is -2.15. The van der Waals surface area contributed by atoms with E-state index in [4.69, 9.17) is 4.98 Å². The van der Waals surface area contributed by atoms with E-state index in [9.17, 15) is 0 Å². The molecule has 2 saturated carbocycles. The van der Waals surface area contributed by atoms with E-state index in [1.807, 2.05) is 0 Å². The maximum absolute atomic E-state index is 5.13. The molecule has 144 valence electrons. The maximum Gasteiger partial charge on any atom is 0.0712 e. The largest absolute Gasteiger partial charge is 0.248 e. The third-order valence-corrected chi connectivity index (χ3v) is 7.00. The van der Waals surface area contributed by atoms with Crippen molar-refractivity contribution in [1.29, 1.82) is 0 Å². The van der Waals surface area contributed by atoms with Crippen LogP contribution in [0.15, 0.2) is 42.5 Å². The number of aromatic nitrogens is 1. The second-order valence-corrected chi connectivity index (χ2v) is 9.21. The van der Waals surface area contributed by atoms with Gasteiger partial charge in [-0.3, -0.25) is 0 Å². The van der Waals surface area contributed by atoms with Gasteiger partial charge in [0.2, 0.25) is 0 Å². The molecule has 0 N–H and O–H groups in total. The molecule has 0 spiro atoms. The van der Waals surface area contributed by atoms with Crippen molar-refractivity contribution in [2.24, 2.45) is 0 Å². The first kappa shape index (κ1) is 17.9. The maximum atomic E-state index is 5.13. The molecule has 2 aliphatic carbocycles. The SMILES string of the molecule is Cc1cc(C)cc(-c2ccc3cc(C4CCCC4)c(C4CCCC4)cc3n2)c1. The molecule has 2 fully saturated rings. The quantitative estimate of drug-likeness (QED) is 0.458. The third kappa shape index (κ3) is 3.36. The first-order valence-corrected chi connectivity index (χ1v) is 11.2. The lowest BCUT2D eigenvalue weighted by Gasteiger charge is -2.21. The summed E-state index contributed by atoms with van der Waals surface area (Å²) < 4.78 is 0. The zero-order chi connectivity index (χ0) is 19.1. The van der Waals surface area contributed by atoms with E-state index >= 15 is 0 Å². The van der Waals surface area contributed by atoms with Gasteiger partial charge in [-0.1, -0.05) is 48.9 Å². The van der Waals surface area contributed by atoms with E-state index in [0.29, 0.717) is 0 Å². The molecule has 2 aliphatic rings. The molecule has 1 nitrogen and oxygen atoms in total. The van der Waals surface area contributed by atoms with Crippen LogP contribution in [0.2, 0.25) is 0 Å². The Morgan fingerprint density at radius 2 is 1.25 bits per heavy atom. The summed E-state index contributed by atoms with van der Waals surface area (Å²) in [5, 5.41) is 1.32. The van der Waals surface area contributed by atoms with E-state index in [1.165, 1.54) is 79.0 Å². The average molecular weight is 370 g/mol. The van der Waals surface area contributed by atoms with Crippen LogP contribution in [0.3, 0.4) is 0 Å². The zero-order valence-corrected chi connectivity index (χ0v) is 17.3. The van der Waals surface area contributed by atoms with Gasteiger partial charge in [0.05, 0.1) is 11.2 Å². The van der Waals surface area contributed by atoms with Gasteiger partial charge in [-0.2, -0.15) is 0 Å². The van der Waals surface area contributed by atoms with Crippen LogP contribution in [0.1, 0.15) is 85.5 Å². The summed E-state index contributed by atoms with van der Waals surface area (Å²) in [5.74, 6) is 1.53. The smallest absolute Gasteiger partial charge is 0.0712 e. The fraction of sp³-hybridized carbons (Fsp3) is 0.444. The Bertz CT molecular complexity index is 984. The van der Waals surface area contributed by atoms with Crippen molar-refractivity contribution in [3.8, 4) is 11.3 Å². The lowest BCUT2D eigenvalue weighted by molar-refractivity contribution is 0.666. The minimum atomic E-state index is 0.756. The van der Waals surface area contributed by atoms with Crippen molar-refractivity contribution in [3.05, 3.63) is 64.7 Å². The molecule has 0 atom stereocenters. The summed E-state index contributed by atoms with van der Waals surface area (Å²) >= 11 is 0. The minimum absolute atomic E-state index is 0.756. The predicted molar refractivity (Wildman–Crippen MR) is 119 cm³/mol. The van der Waals surface area contributed by atoms with Gasteiger partial charge in [0.25, 0.3) is 0 Å². The molecular formula is C27H31N. The highest BCUT2D eigenvalue weighted by Gasteiger charge is 2.26. The van der Waals surface area contributed by atoms with Crippen LogP contribution in [-0.2, 0) is 0 Å². The van der Waals surface area contributed by atoms with E-state index in [0.717, 1.165) is 17.5 Å². The highest BCUT2D eigenvalue weighted by atomic mass is 14.7. The molecule has 1 aromatic heterocycles. The fourth-order valence-corrected chi connectivity index (χ4v) is 5.67. The number of rotatable bonds is 3. The Labute approximate surface area is 169 Å². The summed E-state index contributed by atoms with van der Waals surface area (Å²) in [7, 11) is 0. The third-order valence-electron chi connectivity index (χ3n) is 7.00. The van der Waals surface area contributed by atoms with Crippen LogP contribution in [0, 0.1) is 13.8 Å². The summed E-state index contributed by atoms with van der Waals surface area (Å²) in [6.45, 7) is 4.34. The number of pyridine rings is 1. The molecular weight excluding hydrogens is 338 g/mol. The Balaban J connectivity index is 1.63. The first-order valence-electron chi connectivity index (χ1n) is 11.2. The molecule has 2 aromatic carbocycles. The topological polar surface area (TPSA) is 12.9 Å². The van der Waals surface area contributed by atoms with Crippen LogP contribution in [-0.4, -0.2) is 4.98 Å². The second-order valence-electron chi connectivity index (χ2n) is 9.21. The first-order chi connectivity index (χ1) is 13.7. The molecule has 0 bridgehead atoms. The van der Waals surface area contributed by atoms with E-state index < -0.39 is 0 Å². The average Bonchev–Trinajstić information content (AvgIpc) is 3.39. The summed E-state index contributed by atoms with van der Waals surface area (Å²) in [6.07, 6.45) is 11.1. The number of benzene rings is 2. The number of nitrogens with zero attached hydrogens (tertiary/aromatic N) is 1. The highest BCUT2D eigenvalue weighted by Crippen LogP contribution is 2.44. The summed E-state index contributed by atoms with van der Waals surface area (Å²) in [6, 6.07) is 16.2. The van der Waals surface area contributed by atoms with Crippen molar-refractivity contribution in [2.45, 2.75) is 77.0 Å². The van der Waals surface area contributed by atoms with Gasteiger partial charge < -0.3 is 0 Å². The van der Waals surface area contributed by atoms with Crippen molar-refractivity contribution in [3.63, 3.8) is 0 Å². The molecule has 5 rings (SSSR count). The van der Waals surface area contributed by atoms with E-state index in [2.05, 4.69) is 56.3 Å². The zero-order valence-electron chi connectivity index (χ0n) is 17.3. The van der Waals surface area contributed by atoms with Crippen molar-refractivity contribution < 1.29 is 0 Å². The highest BCUT2D eigenvalue weighted by molar-refractivity contribution is 5.83. The number of hydrogen-bond donors (Lipinski definition) is 0. The second kappa shape index (κ2) is 7.35. The fourth-order valence-electron chi connectivity index (χ4n) is 5.67. The van der Waals surface area contributed by atoms with Crippen LogP contribution in [0.5, 0.6) is 0 Å².